The van der Waals surface area contributed by atoms with Gasteiger partial charge in [0.1, 0.15) is 23.3 Å². The van der Waals surface area contributed by atoms with Gasteiger partial charge in [-0.15, -0.1) is 11.3 Å². The largest absolute Gasteiger partial charge is 0.497 e. The van der Waals surface area contributed by atoms with Gasteiger partial charge in [0.15, 0.2) is 9.99 Å². The molecule has 0 saturated heterocycles. The van der Waals surface area contributed by atoms with Crippen molar-refractivity contribution in [2.24, 2.45) is 0 Å². The van der Waals surface area contributed by atoms with Gasteiger partial charge in [-0.2, -0.15) is 0 Å². The third kappa shape index (κ3) is 3.41. The van der Waals surface area contributed by atoms with Crippen molar-refractivity contribution in [1.82, 2.24) is 14.5 Å². The Balaban J connectivity index is 1.77. The van der Waals surface area contributed by atoms with Crippen molar-refractivity contribution >= 4 is 45.0 Å². The Bertz CT molecular complexity index is 934. The first-order valence-electron chi connectivity index (χ1n) is 6.94. The average molecular weight is 362 g/mol. The predicted molar refractivity (Wildman–Crippen MR) is 95.1 cm³/mol. The lowest BCUT2D eigenvalue weighted by Gasteiger charge is -2.07. The number of anilines is 1. The van der Waals surface area contributed by atoms with Crippen LogP contribution >= 0.6 is 23.1 Å². The van der Waals surface area contributed by atoms with Crippen LogP contribution < -0.4 is 15.6 Å². The second kappa shape index (κ2) is 7.02. The van der Waals surface area contributed by atoms with Crippen molar-refractivity contribution in [2.45, 2.75) is 10.9 Å². The van der Waals surface area contributed by atoms with Crippen molar-refractivity contribution in [1.29, 1.82) is 0 Å². The van der Waals surface area contributed by atoms with Crippen LogP contribution in [0.1, 0.15) is 0 Å². The number of ether oxygens (including phenoxy) is 1. The molecule has 9 heteroatoms. The van der Waals surface area contributed by atoms with E-state index >= 15 is 0 Å². The maximum absolute atomic E-state index is 12.4. The Morgan fingerprint density at radius 1 is 1.38 bits per heavy atom. The van der Waals surface area contributed by atoms with Crippen molar-refractivity contribution in [3.63, 3.8) is 0 Å². The molecule has 2 heterocycles. The molecule has 2 aromatic heterocycles. The minimum Gasteiger partial charge on any atom is -0.497 e. The van der Waals surface area contributed by atoms with Crippen LogP contribution in [-0.2, 0) is 11.3 Å². The number of carbonyl (C=O) groups excluding carboxylic acids is 1. The molecule has 1 N–H and O–H groups in total. The fraction of sp³-hybridized carbons (Fsp3) is 0.200. The summed E-state index contributed by atoms with van der Waals surface area (Å²) in [5.41, 5.74) is 0.786. The first-order chi connectivity index (χ1) is 11.6. The topological polar surface area (TPSA) is 86.1 Å². The number of nitrogens with one attached hydrogen (secondary N) is 1. The smallest absolute Gasteiger partial charge is 0.273 e. The minimum absolute atomic E-state index is 0.111. The van der Waals surface area contributed by atoms with E-state index in [4.69, 9.17) is 4.74 Å². The molecular weight excluding hydrogens is 348 g/mol. The molecule has 0 atom stereocenters. The number of amides is 1. The molecule has 0 saturated carbocycles. The van der Waals surface area contributed by atoms with E-state index in [0.717, 1.165) is 4.34 Å². The molecule has 0 aliphatic rings. The third-order valence-corrected chi connectivity index (χ3v) is 5.24. The maximum Gasteiger partial charge on any atom is 0.273 e. The summed E-state index contributed by atoms with van der Waals surface area (Å²) in [7, 11) is 1.57. The number of hydrogen-bond donors (Lipinski definition) is 1. The van der Waals surface area contributed by atoms with Gasteiger partial charge in [-0.05, 0) is 30.5 Å². The highest BCUT2D eigenvalue weighted by molar-refractivity contribution is 8.00. The Kier molecular flexibility index (Phi) is 4.81. The Hall–Kier alpha value is -2.39. The van der Waals surface area contributed by atoms with Gasteiger partial charge in [0.2, 0.25) is 5.91 Å². The van der Waals surface area contributed by atoms with E-state index in [9.17, 15) is 9.59 Å². The number of hydrogen-bond acceptors (Lipinski definition) is 7. The van der Waals surface area contributed by atoms with Crippen LogP contribution in [0.2, 0.25) is 0 Å². The Morgan fingerprint density at radius 2 is 2.12 bits per heavy atom. The lowest BCUT2D eigenvalue weighted by molar-refractivity contribution is -0.116. The van der Waals surface area contributed by atoms with Crippen LogP contribution in [0, 0.1) is 0 Å². The number of methoxy groups -OCH3 is 1. The van der Waals surface area contributed by atoms with Crippen LogP contribution in [0.4, 0.5) is 5.69 Å². The number of benzene rings is 1. The lowest BCUT2D eigenvalue weighted by Crippen LogP contribution is -2.27. The van der Waals surface area contributed by atoms with Crippen LogP contribution in [0.25, 0.3) is 10.3 Å². The third-order valence-electron chi connectivity index (χ3n) is 3.23. The molecule has 0 unspecified atom stereocenters. The van der Waals surface area contributed by atoms with E-state index < -0.39 is 0 Å². The molecule has 0 fully saturated rings. The van der Waals surface area contributed by atoms with E-state index in [-0.39, 0.29) is 18.0 Å². The molecule has 124 valence electrons. The van der Waals surface area contributed by atoms with E-state index in [1.54, 1.807) is 31.4 Å². The second-order valence-electron chi connectivity index (χ2n) is 4.79. The van der Waals surface area contributed by atoms with Gasteiger partial charge in [0.05, 0.1) is 7.11 Å². The minimum atomic E-state index is -0.307. The molecule has 24 heavy (non-hydrogen) atoms. The standard InChI is InChI=1S/C15H14N4O3S2/c1-22-10-5-3-9(4-6-10)17-11(20)7-19-8-16-13-12(14(19)21)24-15(18-13)23-2/h3-6,8H,7H2,1-2H3,(H,17,20). The molecule has 0 aliphatic heterocycles. The molecule has 3 rings (SSSR count). The molecule has 0 spiro atoms. The zero-order chi connectivity index (χ0) is 17.1. The predicted octanol–water partition coefficient (Wildman–Crippen LogP) is 2.22. The number of thiazole rings is 1. The van der Waals surface area contributed by atoms with Crippen molar-refractivity contribution in [3.8, 4) is 5.75 Å². The summed E-state index contributed by atoms with van der Waals surface area (Å²) in [6, 6.07) is 6.96. The zero-order valence-electron chi connectivity index (χ0n) is 13.0. The molecule has 0 radical (unpaired) electrons. The fourth-order valence-corrected chi connectivity index (χ4v) is 3.52. The second-order valence-corrected chi connectivity index (χ2v) is 6.84. The monoisotopic (exact) mass is 362 g/mol. The van der Waals surface area contributed by atoms with Gasteiger partial charge >= 0.3 is 0 Å². The van der Waals surface area contributed by atoms with Gasteiger partial charge in [-0.1, -0.05) is 11.8 Å². The highest BCUT2D eigenvalue weighted by atomic mass is 32.2. The normalized spacial score (nSPS) is 10.8. The van der Waals surface area contributed by atoms with E-state index in [0.29, 0.717) is 21.8 Å². The van der Waals surface area contributed by atoms with Crippen LogP contribution in [0.5, 0.6) is 5.75 Å². The van der Waals surface area contributed by atoms with Crippen LogP contribution in [0.15, 0.2) is 39.7 Å². The molecule has 1 aromatic carbocycles. The quantitative estimate of drug-likeness (QED) is 0.701. The summed E-state index contributed by atoms with van der Waals surface area (Å²) in [5.74, 6) is 0.395. The van der Waals surface area contributed by atoms with Crippen LogP contribution in [-0.4, -0.2) is 33.8 Å². The number of carbonyl (C=O) groups is 1. The van der Waals surface area contributed by atoms with Crippen LogP contribution in [0.3, 0.4) is 0 Å². The van der Waals surface area contributed by atoms with E-state index in [2.05, 4.69) is 15.3 Å². The van der Waals surface area contributed by atoms with Gasteiger partial charge in [-0.25, -0.2) is 9.97 Å². The van der Waals surface area contributed by atoms with E-state index in [1.165, 1.54) is 34.0 Å². The number of fused-ring (bicyclic) bond motifs is 1. The fourth-order valence-electron chi connectivity index (χ4n) is 2.06. The van der Waals surface area contributed by atoms with Gasteiger partial charge in [0.25, 0.3) is 5.56 Å². The highest BCUT2D eigenvalue weighted by Gasteiger charge is 2.12. The Labute approximate surface area is 145 Å². The molecule has 3 aromatic rings. The summed E-state index contributed by atoms with van der Waals surface area (Å²) in [5, 5.41) is 2.74. The molecule has 1 amide bonds. The van der Waals surface area contributed by atoms with Crippen molar-refractivity contribution in [3.05, 3.63) is 40.9 Å². The number of aromatic nitrogens is 3. The van der Waals surface area contributed by atoms with Crippen molar-refractivity contribution < 1.29 is 9.53 Å². The number of thioether (sulfide) groups is 1. The van der Waals surface area contributed by atoms with Gasteiger partial charge in [0, 0.05) is 5.69 Å². The first kappa shape index (κ1) is 16.5. The maximum atomic E-state index is 12.4. The highest BCUT2D eigenvalue weighted by Crippen LogP contribution is 2.24. The molecule has 0 bridgehead atoms. The summed E-state index contributed by atoms with van der Waals surface area (Å²) < 4.78 is 7.58. The average Bonchev–Trinajstić information content (AvgIpc) is 3.02. The summed E-state index contributed by atoms with van der Waals surface area (Å²) in [6.45, 7) is -0.111. The summed E-state index contributed by atoms with van der Waals surface area (Å²) >= 11 is 2.74. The first-order valence-corrected chi connectivity index (χ1v) is 8.98. The van der Waals surface area contributed by atoms with E-state index in [1.807, 2.05) is 6.26 Å². The summed E-state index contributed by atoms with van der Waals surface area (Å²) in [4.78, 5) is 32.9. The number of rotatable bonds is 5. The van der Waals surface area contributed by atoms with Gasteiger partial charge < -0.3 is 10.1 Å². The SMILES string of the molecule is COc1ccc(NC(=O)Cn2cnc3nc(SC)sc3c2=O)cc1. The molecule has 0 aliphatic carbocycles. The lowest BCUT2D eigenvalue weighted by atomic mass is 10.3. The summed E-state index contributed by atoms with van der Waals surface area (Å²) in [6.07, 6.45) is 3.24. The van der Waals surface area contributed by atoms with Gasteiger partial charge in [-0.3, -0.25) is 14.2 Å². The molecule has 7 nitrogen and oxygen atoms in total. The molecular formula is C15H14N4O3S2. The van der Waals surface area contributed by atoms with Crippen molar-refractivity contribution in [2.75, 3.05) is 18.7 Å². The number of nitrogens with zero attached hydrogens (tertiary/aromatic N) is 3. The Morgan fingerprint density at radius 3 is 2.79 bits per heavy atom. The zero-order valence-corrected chi connectivity index (χ0v) is 14.6.